The molecule has 1 rings (SSSR count). The molecule has 0 radical (unpaired) electrons. The Morgan fingerprint density at radius 1 is 1.75 bits per heavy atom. The van der Waals surface area contributed by atoms with Crippen molar-refractivity contribution >= 4 is 5.97 Å². The topological polar surface area (TPSA) is 46.5 Å². The molecule has 70 valence electrons. The Kier molecular flexibility index (Phi) is 3.09. The van der Waals surface area contributed by atoms with Gasteiger partial charge in [0, 0.05) is 6.61 Å². The summed E-state index contributed by atoms with van der Waals surface area (Å²) in [4.78, 5) is 11.2. The molecule has 3 unspecified atom stereocenters. The maximum Gasteiger partial charge on any atom is 0.309 e. The van der Waals surface area contributed by atoms with Crippen molar-refractivity contribution in [3.05, 3.63) is 0 Å². The van der Waals surface area contributed by atoms with E-state index in [9.17, 15) is 4.79 Å². The molecule has 1 saturated carbocycles. The molecule has 0 amide bonds. The van der Waals surface area contributed by atoms with Crippen LogP contribution in [0.1, 0.15) is 26.7 Å². The Labute approximate surface area is 72.7 Å². The number of carbonyl (C=O) groups is 1. The van der Waals surface area contributed by atoms with E-state index in [1.807, 2.05) is 13.8 Å². The van der Waals surface area contributed by atoms with Crippen LogP contribution in [0.4, 0.5) is 0 Å². The highest BCUT2D eigenvalue weighted by Gasteiger charge is 2.43. The number of aliphatic hydroxyl groups excluding tert-OH is 1. The van der Waals surface area contributed by atoms with Crippen LogP contribution in [0.15, 0.2) is 0 Å². The molecule has 3 atom stereocenters. The van der Waals surface area contributed by atoms with Crippen LogP contribution in [-0.4, -0.2) is 23.8 Å². The van der Waals surface area contributed by atoms with Crippen molar-refractivity contribution in [2.24, 2.45) is 11.8 Å². The predicted octanol–water partition coefficient (Wildman–Crippen LogP) is 0.956. The molecule has 0 aromatic heterocycles. The fraction of sp³-hybridized carbons (Fsp3) is 0.889. The zero-order valence-electron chi connectivity index (χ0n) is 7.62. The molecule has 1 N–H and O–H groups in total. The van der Waals surface area contributed by atoms with E-state index in [1.165, 1.54) is 0 Å². The highest BCUT2D eigenvalue weighted by molar-refractivity contribution is 5.75. The molecule has 0 saturated heterocycles. The molecule has 3 heteroatoms. The molecule has 1 aliphatic carbocycles. The number of ether oxygens (including phenoxy) is 1. The molecule has 0 bridgehead atoms. The maximum atomic E-state index is 11.2. The highest BCUT2D eigenvalue weighted by Crippen LogP contribution is 2.39. The molecular weight excluding hydrogens is 156 g/mol. The average Bonchev–Trinajstić information content (AvgIpc) is 2.82. The Balaban J connectivity index is 2.22. The van der Waals surface area contributed by atoms with E-state index in [4.69, 9.17) is 9.84 Å². The number of rotatable bonds is 4. The second-order valence-electron chi connectivity index (χ2n) is 3.44. The SMILES string of the molecule is CCC(C)OC(=O)C1CC1CO. The van der Waals surface area contributed by atoms with Crippen LogP contribution in [0, 0.1) is 11.8 Å². The molecule has 0 heterocycles. The van der Waals surface area contributed by atoms with Gasteiger partial charge in [-0.2, -0.15) is 0 Å². The minimum Gasteiger partial charge on any atom is -0.462 e. The van der Waals surface area contributed by atoms with Gasteiger partial charge in [0.15, 0.2) is 0 Å². The van der Waals surface area contributed by atoms with Gasteiger partial charge in [0.2, 0.25) is 0 Å². The van der Waals surface area contributed by atoms with Gasteiger partial charge in [0.1, 0.15) is 0 Å². The molecule has 3 nitrogen and oxygen atoms in total. The normalized spacial score (nSPS) is 29.6. The van der Waals surface area contributed by atoms with Crippen LogP contribution < -0.4 is 0 Å². The van der Waals surface area contributed by atoms with Crippen molar-refractivity contribution in [3.63, 3.8) is 0 Å². The summed E-state index contributed by atoms with van der Waals surface area (Å²) in [5.41, 5.74) is 0. The van der Waals surface area contributed by atoms with Crippen molar-refractivity contribution in [1.82, 2.24) is 0 Å². The van der Waals surface area contributed by atoms with Gasteiger partial charge >= 0.3 is 5.97 Å². The highest BCUT2D eigenvalue weighted by atomic mass is 16.5. The van der Waals surface area contributed by atoms with E-state index in [0.717, 1.165) is 12.8 Å². The van der Waals surface area contributed by atoms with E-state index in [-0.39, 0.29) is 30.5 Å². The van der Waals surface area contributed by atoms with Gasteiger partial charge in [-0.05, 0) is 25.7 Å². The predicted molar refractivity (Wildman–Crippen MR) is 44.5 cm³/mol. The van der Waals surface area contributed by atoms with Crippen LogP contribution in [0.2, 0.25) is 0 Å². The van der Waals surface area contributed by atoms with Crippen LogP contribution >= 0.6 is 0 Å². The maximum absolute atomic E-state index is 11.2. The second-order valence-corrected chi connectivity index (χ2v) is 3.44. The smallest absolute Gasteiger partial charge is 0.309 e. The van der Waals surface area contributed by atoms with E-state index in [2.05, 4.69) is 0 Å². The molecular formula is C9H16O3. The van der Waals surface area contributed by atoms with Gasteiger partial charge in [-0.25, -0.2) is 0 Å². The monoisotopic (exact) mass is 172 g/mol. The number of hydrogen-bond acceptors (Lipinski definition) is 3. The van der Waals surface area contributed by atoms with Gasteiger partial charge in [-0.3, -0.25) is 4.79 Å². The van der Waals surface area contributed by atoms with Crippen molar-refractivity contribution in [1.29, 1.82) is 0 Å². The lowest BCUT2D eigenvalue weighted by Gasteiger charge is -2.09. The first kappa shape index (κ1) is 9.52. The lowest BCUT2D eigenvalue weighted by Crippen LogP contribution is -2.16. The molecule has 12 heavy (non-hydrogen) atoms. The fourth-order valence-corrected chi connectivity index (χ4v) is 1.11. The van der Waals surface area contributed by atoms with Gasteiger partial charge in [0.05, 0.1) is 12.0 Å². The number of hydrogen-bond donors (Lipinski definition) is 1. The molecule has 0 aromatic carbocycles. The van der Waals surface area contributed by atoms with Crippen molar-refractivity contribution in [2.45, 2.75) is 32.8 Å². The fourth-order valence-electron chi connectivity index (χ4n) is 1.11. The third-order valence-electron chi connectivity index (χ3n) is 2.35. The van der Waals surface area contributed by atoms with Gasteiger partial charge in [-0.15, -0.1) is 0 Å². The standard InChI is InChI=1S/C9H16O3/c1-3-6(2)12-9(11)8-4-7(8)5-10/h6-8,10H,3-5H2,1-2H3. The summed E-state index contributed by atoms with van der Waals surface area (Å²) in [6.07, 6.45) is 1.66. The summed E-state index contributed by atoms with van der Waals surface area (Å²) < 4.78 is 5.11. The minimum absolute atomic E-state index is 0.0115. The van der Waals surface area contributed by atoms with E-state index < -0.39 is 0 Å². The second kappa shape index (κ2) is 3.90. The van der Waals surface area contributed by atoms with Gasteiger partial charge in [-0.1, -0.05) is 6.92 Å². The van der Waals surface area contributed by atoms with E-state index in [0.29, 0.717) is 0 Å². The van der Waals surface area contributed by atoms with Crippen molar-refractivity contribution in [2.75, 3.05) is 6.61 Å². The van der Waals surface area contributed by atoms with Gasteiger partial charge in [0.25, 0.3) is 0 Å². The Bertz CT molecular complexity index is 167. The van der Waals surface area contributed by atoms with Crippen molar-refractivity contribution < 1.29 is 14.6 Å². The molecule has 1 aliphatic rings. The van der Waals surface area contributed by atoms with Crippen LogP contribution in [-0.2, 0) is 9.53 Å². The van der Waals surface area contributed by atoms with E-state index >= 15 is 0 Å². The third kappa shape index (κ3) is 2.21. The first-order chi connectivity index (χ1) is 5.69. The summed E-state index contributed by atoms with van der Waals surface area (Å²) in [5.74, 6) is 0.00829. The summed E-state index contributed by atoms with van der Waals surface area (Å²) in [6.45, 7) is 3.98. The van der Waals surface area contributed by atoms with Gasteiger partial charge < -0.3 is 9.84 Å². The van der Waals surface area contributed by atoms with E-state index in [1.54, 1.807) is 0 Å². The largest absolute Gasteiger partial charge is 0.462 e. The zero-order valence-corrected chi connectivity index (χ0v) is 7.62. The van der Waals surface area contributed by atoms with Crippen molar-refractivity contribution in [3.8, 4) is 0 Å². The molecule has 1 fully saturated rings. The summed E-state index contributed by atoms with van der Waals surface area (Å²) in [6, 6.07) is 0. The summed E-state index contributed by atoms with van der Waals surface area (Å²) in [7, 11) is 0. The Morgan fingerprint density at radius 2 is 2.42 bits per heavy atom. The number of esters is 1. The third-order valence-corrected chi connectivity index (χ3v) is 2.35. The number of carbonyl (C=O) groups excluding carboxylic acids is 1. The first-order valence-electron chi connectivity index (χ1n) is 4.50. The zero-order chi connectivity index (χ0) is 9.14. The van der Waals surface area contributed by atoms with Crippen LogP contribution in [0.3, 0.4) is 0 Å². The summed E-state index contributed by atoms with van der Waals surface area (Å²) in [5, 5.41) is 8.71. The first-order valence-corrected chi connectivity index (χ1v) is 4.50. The van der Waals surface area contributed by atoms with Crippen LogP contribution in [0.5, 0.6) is 0 Å². The molecule has 0 spiro atoms. The minimum atomic E-state index is -0.136. The average molecular weight is 172 g/mol. The Hall–Kier alpha value is -0.570. The molecule has 0 aromatic rings. The lowest BCUT2D eigenvalue weighted by atomic mass is 10.3. The number of aliphatic hydroxyl groups is 1. The Morgan fingerprint density at radius 3 is 2.83 bits per heavy atom. The molecule has 0 aliphatic heterocycles. The quantitative estimate of drug-likeness (QED) is 0.642. The summed E-state index contributed by atoms with van der Waals surface area (Å²) >= 11 is 0. The lowest BCUT2D eigenvalue weighted by molar-refractivity contribution is -0.150. The van der Waals surface area contributed by atoms with Crippen LogP contribution in [0.25, 0.3) is 0 Å².